The number of aliphatic imine (C=N–C) groups is 1. The van der Waals surface area contributed by atoms with Crippen molar-refractivity contribution < 1.29 is 0 Å². The van der Waals surface area contributed by atoms with Crippen molar-refractivity contribution in [3.05, 3.63) is 59.9 Å². The van der Waals surface area contributed by atoms with E-state index in [1.165, 1.54) is 23.9 Å². The highest BCUT2D eigenvalue weighted by Crippen LogP contribution is 2.38. The second kappa shape index (κ2) is 6.00. The second-order valence-electron chi connectivity index (χ2n) is 6.31. The molecule has 1 heterocycles. The Bertz CT molecular complexity index is 905. The molecule has 2 aromatic carbocycles. The smallest absolute Gasteiger partial charge is 0.193 e. The van der Waals surface area contributed by atoms with E-state index >= 15 is 0 Å². The molecule has 0 spiro atoms. The van der Waals surface area contributed by atoms with Crippen molar-refractivity contribution >= 4 is 22.7 Å². The molecule has 122 valence electrons. The van der Waals surface area contributed by atoms with Gasteiger partial charge in [0.15, 0.2) is 5.96 Å². The van der Waals surface area contributed by atoms with Crippen molar-refractivity contribution in [3.63, 3.8) is 0 Å². The van der Waals surface area contributed by atoms with E-state index < -0.39 is 0 Å². The minimum atomic E-state index is 0.412. The van der Waals surface area contributed by atoms with Gasteiger partial charge in [0.2, 0.25) is 0 Å². The van der Waals surface area contributed by atoms with E-state index in [0.29, 0.717) is 18.5 Å². The van der Waals surface area contributed by atoms with Gasteiger partial charge in [0.1, 0.15) is 12.4 Å². The Morgan fingerprint density at radius 1 is 1.25 bits per heavy atom. The first kappa shape index (κ1) is 14.8. The largest absolute Gasteiger partial charge is 0.370 e. The lowest BCUT2D eigenvalue weighted by Crippen LogP contribution is -2.22. The third-order valence-electron chi connectivity index (χ3n) is 4.26. The highest BCUT2D eigenvalue weighted by molar-refractivity contribution is 5.92. The number of rotatable bonds is 4. The van der Waals surface area contributed by atoms with Crippen LogP contribution < -0.4 is 11.1 Å². The van der Waals surface area contributed by atoms with Gasteiger partial charge in [-0.2, -0.15) is 0 Å². The number of benzene rings is 2. The summed E-state index contributed by atoms with van der Waals surface area (Å²) in [6.45, 7) is 2.53. The van der Waals surface area contributed by atoms with Crippen LogP contribution in [0.2, 0.25) is 0 Å². The molecule has 4 rings (SSSR count). The highest BCUT2D eigenvalue weighted by Gasteiger charge is 2.27. The van der Waals surface area contributed by atoms with Gasteiger partial charge in [-0.15, -0.1) is 0 Å². The van der Waals surface area contributed by atoms with Gasteiger partial charge in [-0.1, -0.05) is 24.3 Å². The van der Waals surface area contributed by atoms with Gasteiger partial charge in [-0.25, -0.2) is 9.98 Å². The van der Waals surface area contributed by atoms with Crippen LogP contribution in [0.1, 0.15) is 30.3 Å². The summed E-state index contributed by atoms with van der Waals surface area (Å²) < 4.78 is 2.32. The maximum Gasteiger partial charge on any atom is 0.193 e. The van der Waals surface area contributed by atoms with Crippen LogP contribution in [-0.4, -0.2) is 15.5 Å². The molecule has 1 aliphatic rings. The molecule has 0 radical (unpaired) electrons. The first-order valence-corrected chi connectivity index (χ1v) is 8.30. The first-order chi connectivity index (χ1) is 11.7. The van der Waals surface area contributed by atoms with Gasteiger partial charge >= 0.3 is 0 Å². The summed E-state index contributed by atoms with van der Waals surface area (Å²) >= 11 is 0. The van der Waals surface area contributed by atoms with E-state index in [1.54, 1.807) is 0 Å². The molecule has 24 heavy (non-hydrogen) atoms. The maximum absolute atomic E-state index is 6.04. The molecule has 0 aliphatic heterocycles. The van der Waals surface area contributed by atoms with Crippen molar-refractivity contribution in [1.29, 1.82) is 0 Å². The fourth-order valence-electron chi connectivity index (χ4n) is 3.01. The summed E-state index contributed by atoms with van der Waals surface area (Å²) in [7, 11) is 0. The number of anilines is 1. The molecule has 3 N–H and O–H groups in total. The number of nitrogens with two attached hydrogens (primary N) is 1. The average molecular weight is 319 g/mol. The number of aryl methyl sites for hydroxylation is 1. The zero-order valence-electron chi connectivity index (χ0n) is 13.7. The highest BCUT2D eigenvalue weighted by atomic mass is 15.2. The SMILES string of the molecule is Cc1cccc(NC(N)=NCc2nc3ccccc3n2C2CC2)c1. The van der Waals surface area contributed by atoms with Crippen molar-refractivity contribution in [2.24, 2.45) is 10.7 Å². The van der Waals surface area contributed by atoms with E-state index in [9.17, 15) is 0 Å². The topological polar surface area (TPSA) is 68.2 Å². The van der Waals surface area contributed by atoms with Gasteiger partial charge in [0.25, 0.3) is 0 Å². The number of hydrogen-bond donors (Lipinski definition) is 2. The number of guanidine groups is 1. The average Bonchev–Trinajstić information content (AvgIpc) is 3.33. The fourth-order valence-corrected chi connectivity index (χ4v) is 3.01. The Morgan fingerprint density at radius 3 is 2.88 bits per heavy atom. The van der Waals surface area contributed by atoms with Crippen molar-refractivity contribution in [2.75, 3.05) is 5.32 Å². The molecule has 0 unspecified atom stereocenters. The van der Waals surface area contributed by atoms with Crippen LogP contribution in [0.25, 0.3) is 11.0 Å². The number of fused-ring (bicyclic) bond motifs is 1. The standard InChI is InChI=1S/C19H21N5/c1-13-5-4-6-14(11-13)22-19(20)21-12-18-23-16-7-2-3-8-17(16)24(18)15-9-10-15/h2-8,11,15H,9-10,12H2,1H3,(H3,20,21,22). The third-order valence-corrected chi connectivity index (χ3v) is 4.26. The Hall–Kier alpha value is -2.82. The molecule has 1 fully saturated rings. The summed E-state index contributed by atoms with van der Waals surface area (Å²) in [5, 5.41) is 3.14. The lowest BCUT2D eigenvalue weighted by atomic mass is 10.2. The van der Waals surface area contributed by atoms with Gasteiger partial charge < -0.3 is 15.6 Å². The first-order valence-electron chi connectivity index (χ1n) is 8.30. The van der Waals surface area contributed by atoms with Crippen LogP contribution in [0.15, 0.2) is 53.5 Å². The van der Waals surface area contributed by atoms with E-state index in [2.05, 4.69) is 46.1 Å². The zero-order chi connectivity index (χ0) is 16.5. The summed E-state index contributed by atoms with van der Waals surface area (Å²) in [6.07, 6.45) is 2.43. The van der Waals surface area contributed by atoms with Crippen LogP contribution in [0.5, 0.6) is 0 Å². The number of hydrogen-bond acceptors (Lipinski definition) is 2. The predicted octanol–water partition coefficient (Wildman–Crippen LogP) is 3.61. The summed E-state index contributed by atoms with van der Waals surface area (Å²) in [5.74, 6) is 1.39. The summed E-state index contributed by atoms with van der Waals surface area (Å²) in [4.78, 5) is 9.23. The molecule has 1 aromatic heterocycles. The number of para-hydroxylation sites is 2. The Morgan fingerprint density at radius 2 is 2.08 bits per heavy atom. The van der Waals surface area contributed by atoms with Gasteiger partial charge in [-0.05, 0) is 49.6 Å². The van der Waals surface area contributed by atoms with Gasteiger partial charge in [0, 0.05) is 11.7 Å². The minimum absolute atomic E-state index is 0.412. The second-order valence-corrected chi connectivity index (χ2v) is 6.31. The molecule has 0 saturated heterocycles. The lowest BCUT2D eigenvalue weighted by molar-refractivity contribution is 0.702. The molecule has 0 amide bonds. The molecule has 3 aromatic rings. The van der Waals surface area contributed by atoms with Crippen LogP contribution in [-0.2, 0) is 6.54 Å². The monoisotopic (exact) mass is 319 g/mol. The van der Waals surface area contributed by atoms with E-state index in [-0.39, 0.29) is 0 Å². The normalized spacial score (nSPS) is 15.0. The van der Waals surface area contributed by atoms with Crippen LogP contribution in [0.3, 0.4) is 0 Å². The summed E-state index contributed by atoms with van der Waals surface area (Å²) in [6, 6.07) is 16.9. The molecule has 0 bridgehead atoms. The van der Waals surface area contributed by atoms with Gasteiger partial charge in [0.05, 0.1) is 11.0 Å². The predicted molar refractivity (Wildman–Crippen MR) is 98.1 cm³/mol. The number of aromatic nitrogens is 2. The number of imidazole rings is 1. The quantitative estimate of drug-likeness (QED) is 0.570. The number of nitrogens with zero attached hydrogens (tertiary/aromatic N) is 3. The Balaban J connectivity index is 1.56. The van der Waals surface area contributed by atoms with E-state index in [1.807, 2.05) is 24.3 Å². The Kier molecular flexibility index (Phi) is 3.69. The Labute approximate surface area is 141 Å². The lowest BCUT2D eigenvalue weighted by Gasteiger charge is -2.08. The van der Waals surface area contributed by atoms with E-state index in [0.717, 1.165) is 17.0 Å². The third kappa shape index (κ3) is 2.97. The molecule has 0 atom stereocenters. The maximum atomic E-state index is 6.04. The van der Waals surface area contributed by atoms with E-state index in [4.69, 9.17) is 10.7 Å². The molecule has 5 nitrogen and oxygen atoms in total. The van der Waals surface area contributed by atoms with Crippen molar-refractivity contribution in [2.45, 2.75) is 32.4 Å². The molecular weight excluding hydrogens is 298 g/mol. The minimum Gasteiger partial charge on any atom is -0.370 e. The molecule has 1 saturated carbocycles. The number of nitrogens with one attached hydrogen (secondary N) is 1. The van der Waals surface area contributed by atoms with Crippen molar-refractivity contribution in [1.82, 2.24) is 9.55 Å². The molecule has 1 aliphatic carbocycles. The molecular formula is C19H21N5. The zero-order valence-corrected chi connectivity index (χ0v) is 13.7. The van der Waals surface area contributed by atoms with Gasteiger partial charge in [-0.3, -0.25) is 0 Å². The summed E-state index contributed by atoms with van der Waals surface area (Å²) in [5.41, 5.74) is 10.4. The van der Waals surface area contributed by atoms with Crippen LogP contribution >= 0.6 is 0 Å². The van der Waals surface area contributed by atoms with Crippen LogP contribution in [0.4, 0.5) is 5.69 Å². The van der Waals surface area contributed by atoms with Crippen molar-refractivity contribution in [3.8, 4) is 0 Å². The fraction of sp³-hybridized carbons (Fsp3) is 0.263. The van der Waals surface area contributed by atoms with Crippen LogP contribution in [0, 0.1) is 6.92 Å². The molecule has 5 heteroatoms.